The van der Waals surface area contributed by atoms with Gasteiger partial charge in [0, 0.05) is 33.2 Å². The summed E-state index contributed by atoms with van der Waals surface area (Å²) >= 11 is 0. The van der Waals surface area contributed by atoms with E-state index in [4.69, 9.17) is 5.73 Å². The van der Waals surface area contributed by atoms with E-state index in [1.165, 1.54) is 37.3 Å². The molecule has 1 fully saturated rings. The first kappa shape index (κ1) is 16.1. The van der Waals surface area contributed by atoms with E-state index < -0.39 is 10.0 Å². The minimum atomic E-state index is -3.44. The molecule has 2 rings (SSSR count). The highest BCUT2D eigenvalue weighted by atomic mass is 32.2. The molecule has 1 aromatic carbocycles. The maximum atomic E-state index is 12.0. The van der Waals surface area contributed by atoms with Crippen molar-refractivity contribution in [2.75, 3.05) is 45.3 Å². The van der Waals surface area contributed by atoms with Gasteiger partial charge in [-0.1, -0.05) is 0 Å². The second-order valence-corrected chi connectivity index (χ2v) is 7.83. The second-order valence-electron chi connectivity index (χ2n) is 5.68. The van der Waals surface area contributed by atoms with E-state index in [0.717, 1.165) is 24.8 Å². The van der Waals surface area contributed by atoms with Gasteiger partial charge in [0.05, 0.1) is 16.3 Å². The van der Waals surface area contributed by atoms with E-state index in [1.807, 2.05) is 0 Å². The minimum absolute atomic E-state index is 0.214. The van der Waals surface area contributed by atoms with Crippen LogP contribution in [-0.4, -0.2) is 57.9 Å². The quantitative estimate of drug-likeness (QED) is 0.735. The highest BCUT2D eigenvalue weighted by molar-refractivity contribution is 7.89. The van der Waals surface area contributed by atoms with Crippen LogP contribution in [0, 0.1) is 0 Å². The lowest BCUT2D eigenvalue weighted by Gasteiger charge is -2.17. The molecule has 1 aliphatic rings. The van der Waals surface area contributed by atoms with Crippen LogP contribution >= 0.6 is 0 Å². The second kappa shape index (κ2) is 6.21. The van der Waals surface area contributed by atoms with Crippen molar-refractivity contribution in [3.05, 3.63) is 18.2 Å². The molecule has 1 aromatic rings. The van der Waals surface area contributed by atoms with Gasteiger partial charge in [-0.2, -0.15) is 0 Å². The molecule has 1 aliphatic carbocycles. The summed E-state index contributed by atoms with van der Waals surface area (Å²) in [6.07, 6.45) is 2.57. The number of anilines is 2. The first-order valence-corrected chi connectivity index (χ1v) is 8.52. The predicted molar refractivity (Wildman–Crippen MR) is 85.9 cm³/mol. The van der Waals surface area contributed by atoms with E-state index >= 15 is 0 Å². The van der Waals surface area contributed by atoms with Gasteiger partial charge in [-0.25, -0.2) is 12.7 Å². The lowest BCUT2D eigenvalue weighted by atomic mass is 10.2. The third-order valence-electron chi connectivity index (χ3n) is 3.75. The predicted octanol–water partition coefficient (Wildman–Crippen LogP) is 1.03. The first-order chi connectivity index (χ1) is 9.82. The van der Waals surface area contributed by atoms with Crippen LogP contribution in [0.25, 0.3) is 0 Å². The van der Waals surface area contributed by atoms with Crippen molar-refractivity contribution in [3.8, 4) is 0 Å². The average Bonchev–Trinajstić information content (AvgIpc) is 3.24. The van der Waals surface area contributed by atoms with Crippen LogP contribution in [0.5, 0.6) is 0 Å². The highest BCUT2D eigenvalue weighted by Crippen LogP contribution is 2.26. The number of nitrogens with two attached hydrogens (primary N) is 1. The summed E-state index contributed by atoms with van der Waals surface area (Å²) in [5.41, 5.74) is 7.17. The molecule has 6 nitrogen and oxygen atoms in total. The normalized spacial score (nSPS) is 15.7. The molecular weight excluding hydrogens is 288 g/mol. The van der Waals surface area contributed by atoms with Gasteiger partial charge in [-0.15, -0.1) is 0 Å². The third-order valence-corrected chi connectivity index (χ3v) is 5.56. The van der Waals surface area contributed by atoms with Gasteiger partial charge in [0.2, 0.25) is 10.0 Å². The van der Waals surface area contributed by atoms with Crippen molar-refractivity contribution in [2.24, 2.45) is 0 Å². The monoisotopic (exact) mass is 312 g/mol. The molecule has 0 spiro atoms. The molecule has 7 heteroatoms. The van der Waals surface area contributed by atoms with Crippen LogP contribution in [0.2, 0.25) is 0 Å². The maximum absolute atomic E-state index is 12.0. The fraction of sp³-hybridized carbons (Fsp3) is 0.571. The third kappa shape index (κ3) is 3.87. The molecule has 0 heterocycles. The van der Waals surface area contributed by atoms with Crippen molar-refractivity contribution in [2.45, 2.75) is 23.8 Å². The summed E-state index contributed by atoms with van der Waals surface area (Å²) in [6, 6.07) is 5.54. The molecule has 0 aromatic heterocycles. The SMILES string of the molecule is CN(CCNc1ccc(S(=O)(=O)N(C)C)cc1N)C1CC1. The molecule has 0 unspecified atom stereocenters. The van der Waals surface area contributed by atoms with Crippen molar-refractivity contribution < 1.29 is 8.42 Å². The Bertz CT molecular complexity index is 597. The van der Waals surface area contributed by atoms with Crippen LogP contribution in [0.3, 0.4) is 0 Å². The Morgan fingerprint density at radius 1 is 1.29 bits per heavy atom. The Morgan fingerprint density at radius 3 is 2.48 bits per heavy atom. The van der Waals surface area contributed by atoms with Crippen molar-refractivity contribution in [1.29, 1.82) is 0 Å². The molecule has 0 bridgehead atoms. The number of nitrogens with zero attached hydrogens (tertiary/aromatic N) is 2. The summed E-state index contributed by atoms with van der Waals surface area (Å²) < 4.78 is 25.2. The van der Waals surface area contributed by atoms with Gasteiger partial charge in [0.15, 0.2) is 0 Å². The Hall–Kier alpha value is -1.31. The van der Waals surface area contributed by atoms with Crippen LogP contribution in [0.4, 0.5) is 11.4 Å². The number of nitrogens with one attached hydrogen (secondary N) is 1. The minimum Gasteiger partial charge on any atom is -0.397 e. The zero-order valence-corrected chi connectivity index (χ0v) is 13.7. The Balaban J connectivity index is 1.99. The summed E-state index contributed by atoms with van der Waals surface area (Å²) in [7, 11) is 1.70. The average molecular weight is 312 g/mol. The summed E-state index contributed by atoms with van der Waals surface area (Å²) in [4.78, 5) is 2.54. The molecule has 0 aliphatic heterocycles. The molecular formula is C14H24N4O2S. The fourth-order valence-corrected chi connectivity index (χ4v) is 3.08. The number of likely N-dealkylation sites (N-methyl/N-ethyl adjacent to an activating group) is 1. The molecule has 0 amide bonds. The van der Waals surface area contributed by atoms with Gasteiger partial charge in [0.1, 0.15) is 0 Å². The molecule has 0 saturated heterocycles. The lowest BCUT2D eigenvalue weighted by Crippen LogP contribution is -2.27. The largest absolute Gasteiger partial charge is 0.397 e. The van der Waals surface area contributed by atoms with Gasteiger partial charge in [-0.05, 0) is 38.1 Å². The van der Waals surface area contributed by atoms with Crippen LogP contribution in [0.15, 0.2) is 23.1 Å². The molecule has 118 valence electrons. The fourth-order valence-electron chi connectivity index (χ4n) is 2.14. The molecule has 3 N–H and O–H groups in total. The number of hydrogen-bond donors (Lipinski definition) is 2. The van der Waals surface area contributed by atoms with E-state index in [2.05, 4.69) is 17.3 Å². The Kier molecular flexibility index (Phi) is 4.75. The number of nitrogen functional groups attached to an aromatic ring is 1. The van der Waals surface area contributed by atoms with Gasteiger partial charge >= 0.3 is 0 Å². The first-order valence-electron chi connectivity index (χ1n) is 7.08. The molecule has 21 heavy (non-hydrogen) atoms. The van der Waals surface area contributed by atoms with E-state index in [0.29, 0.717) is 5.69 Å². The van der Waals surface area contributed by atoms with Crippen molar-refractivity contribution in [1.82, 2.24) is 9.21 Å². The van der Waals surface area contributed by atoms with Crippen LogP contribution < -0.4 is 11.1 Å². The number of rotatable bonds is 7. The number of benzene rings is 1. The summed E-state index contributed by atoms with van der Waals surface area (Å²) in [5.74, 6) is 0. The lowest BCUT2D eigenvalue weighted by molar-refractivity contribution is 0.337. The summed E-state index contributed by atoms with van der Waals surface area (Å²) in [6.45, 7) is 1.73. The zero-order chi connectivity index (χ0) is 15.6. The summed E-state index contributed by atoms with van der Waals surface area (Å²) in [5, 5.41) is 3.26. The van der Waals surface area contributed by atoms with Gasteiger partial charge in [-0.3, -0.25) is 0 Å². The smallest absolute Gasteiger partial charge is 0.242 e. The molecule has 0 atom stereocenters. The molecule has 1 saturated carbocycles. The standard InChI is InChI=1S/C14H24N4O2S/c1-17(2)21(19,20)12-6-7-14(13(15)10-12)16-8-9-18(3)11-4-5-11/h6-7,10-11,16H,4-5,8-9,15H2,1-3H3. The highest BCUT2D eigenvalue weighted by Gasteiger charge is 2.25. The number of hydrogen-bond acceptors (Lipinski definition) is 5. The zero-order valence-electron chi connectivity index (χ0n) is 12.8. The van der Waals surface area contributed by atoms with Crippen LogP contribution in [-0.2, 0) is 10.0 Å². The Morgan fingerprint density at radius 2 is 1.95 bits per heavy atom. The van der Waals surface area contributed by atoms with Crippen LogP contribution in [0.1, 0.15) is 12.8 Å². The van der Waals surface area contributed by atoms with E-state index in [-0.39, 0.29) is 4.90 Å². The van der Waals surface area contributed by atoms with Crippen molar-refractivity contribution in [3.63, 3.8) is 0 Å². The molecule has 0 radical (unpaired) electrons. The van der Waals surface area contributed by atoms with Gasteiger partial charge < -0.3 is 16.0 Å². The maximum Gasteiger partial charge on any atom is 0.242 e. The van der Waals surface area contributed by atoms with Crippen molar-refractivity contribution >= 4 is 21.4 Å². The topological polar surface area (TPSA) is 78.7 Å². The van der Waals surface area contributed by atoms with E-state index in [9.17, 15) is 8.42 Å². The van der Waals surface area contributed by atoms with Gasteiger partial charge in [0.25, 0.3) is 0 Å². The number of sulfonamides is 1. The van der Waals surface area contributed by atoms with E-state index in [1.54, 1.807) is 12.1 Å². The Labute approximate surface area is 127 Å².